The van der Waals surface area contributed by atoms with Crippen LogP contribution < -0.4 is 19.9 Å². The zero-order valence-electron chi connectivity index (χ0n) is 21.3. The highest BCUT2D eigenvalue weighted by molar-refractivity contribution is 5.80. The van der Waals surface area contributed by atoms with E-state index in [4.69, 9.17) is 9.47 Å². The summed E-state index contributed by atoms with van der Waals surface area (Å²) in [6.45, 7) is 6.87. The molecule has 1 saturated heterocycles. The summed E-state index contributed by atoms with van der Waals surface area (Å²) < 4.78 is 27.0. The third kappa shape index (κ3) is 5.47. The summed E-state index contributed by atoms with van der Waals surface area (Å²) in [5.74, 6) is 1.27. The van der Waals surface area contributed by atoms with E-state index in [9.17, 15) is 9.18 Å². The standard InChI is InChI=1S/C30H32FN3O3/c1-3-37-29-10-5-4-9-27(29)33-15-13-32(14-16-33)21-24-18-23-11-12-25(31)19-28(23)34(30(24)35)20-22-7-6-8-26(17-22)36-2/h4-12,17-19H,3,13-16,20-21H2,1-2H3. The lowest BCUT2D eigenvalue weighted by Gasteiger charge is -2.36. The normalized spacial score (nSPS) is 14.2. The predicted molar refractivity (Wildman–Crippen MR) is 145 cm³/mol. The van der Waals surface area contributed by atoms with Crippen LogP contribution in [0.4, 0.5) is 10.1 Å². The monoisotopic (exact) mass is 501 g/mol. The molecule has 0 saturated carbocycles. The highest BCUT2D eigenvalue weighted by Gasteiger charge is 2.21. The molecule has 1 aromatic heterocycles. The van der Waals surface area contributed by atoms with Gasteiger partial charge in [0.1, 0.15) is 17.3 Å². The zero-order valence-corrected chi connectivity index (χ0v) is 21.3. The fraction of sp³-hybridized carbons (Fsp3) is 0.300. The third-order valence-electron chi connectivity index (χ3n) is 6.88. The first-order valence-corrected chi connectivity index (χ1v) is 12.7. The van der Waals surface area contributed by atoms with E-state index in [2.05, 4.69) is 15.9 Å². The number of methoxy groups -OCH3 is 1. The first kappa shape index (κ1) is 24.8. The minimum atomic E-state index is -0.359. The van der Waals surface area contributed by atoms with Crippen molar-refractivity contribution in [3.8, 4) is 11.5 Å². The van der Waals surface area contributed by atoms with Crippen molar-refractivity contribution < 1.29 is 13.9 Å². The number of hydrogen-bond donors (Lipinski definition) is 0. The molecule has 1 fully saturated rings. The molecule has 2 heterocycles. The van der Waals surface area contributed by atoms with Gasteiger partial charge >= 0.3 is 0 Å². The van der Waals surface area contributed by atoms with Crippen molar-refractivity contribution in [2.45, 2.75) is 20.0 Å². The van der Waals surface area contributed by atoms with E-state index in [1.54, 1.807) is 17.7 Å². The second-order valence-electron chi connectivity index (χ2n) is 9.28. The van der Waals surface area contributed by atoms with E-state index in [0.29, 0.717) is 30.8 Å². The molecule has 0 bridgehead atoms. The van der Waals surface area contributed by atoms with Gasteiger partial charge in [-0.2, -0.15) is 0 Å². The molecule has 0 amide bonds. The molecule has 4 aromatic rings. The highest BCUT2D eigenvalue weighted by Crippen LogP contribution is 2.29. The number of rotatable bonds is 8. The maximum absolute atomic E-state index is 14.2. The smallest absolute Gasteiger partial charge is 0.255 e. The molecule has 3 aromatic carbocycles. The lowest BCUT2D eigenvalue weighted by Crippen LogP contribution is -2.46. The molecule has 0 unspecified atom stereocenters. The van der Waals surface area contributed by atoms with Crippen molar-refractivity contribution in [2.75, 3.05) is 44.8 Å². The van der Waals surface area contributed by atoms with Crippen LogP contribution in [0.1, 0.15) is 18.1 Å². The van der Waals surface area contributed by atoms with Crippen LogP contribution in [0.25, 0.3) is 10.9 Å². The van der Waals surface area contributed by atoms with Crippen LogP contribution in [0.5, 0.6) is 11.5 Å². The van der Waals surface area contributed by atoms with E-state index >= 15 is 0 Å². The summed E-state index contributed by atoms with van der Waals surface area (Å²) in [6, 6.07) is 22.3. The van der Waals surface area contributed by atoms with Gasteiger partial charge < -0.3 is 18.9 Å². The Kier molecular flexibility index (Phi) is 7.42. The summed E-state index contributed by atoms with van der Waals surface area (Å²) >= 11 is 0. The lowest BCUT2D eigenvalue weighted by molar-refractivity contribution is 0.247. The van der Waals surface area contributed by atoms with Gasteiger partial charge in [-0.15, -0.1) is 0 Å². The Morgan fingerprint density at radius 3 is 2.49 bits per heavy atom. The largest absolute Gasteiger partial charge is 0.497 e. The van der Waals surface area contributed by atoms with Gasteiger partial charge in [0, 0.05) is 38.3 Å². The molecule has 7 heteroatoms. The van der Waals surface area contributed by atoms with E-state index in [1.807, 2.05) is 55.5 Å². The first-order chi connectivity index (χ1) is 18.1. The highest BCUT2D eigenvalue weighted by atomic mass is 19.1. The van der Waals surface area contributed by atoms with E-state index in [-0.39, 0.29) is 11.4 Å². The summed E-state index contributed by atoms with van der Waals surface area (Å²) in [5.41, 5.74) is 3.24. The summed E-state index contributed by atoms with van der Waals surface area (Å²) in [7, 11) is 1.62. The Morgan fingerprint density at radius 2 is 1.70 bits per heavy atom. The predicted octanol–water partition coefficient (Wildman–Crippen LogP) is 4.92. The molecule has 6 nitrogen and oxygen atoms in total. The summed E-state index contributed by atoms with van der Waals surface area (Å²) in [4.78, 5) is 18.3. The van der Waals surface area contributed by atoms with Crippen molar-refractivity contribution in [2.24, 2.45) is 0 Å². The minimum Gasteiger partial charge on any atom is -0.497 e. The maximum Gasteiger partial charge on any atom is 0.255 e. The molecular weight excluding hydrogens is 469 g/mol. The number of pyridine rings is 1. The SMILES string of the molecule is CCOc1ccccc1N1CCN(Cc2cc3ccc(F)cc3n(Cc3cccc(OC)c3)c2=O)CC1. The molecule has 0 N–H and O–H groups in total. The van der Waals surface area contributed by atoms with E-state index in [1.165, 1.54) is 12.1 Å². The fourth-order valence-corrected chi connectivity index (χ4v) is 5.01. The van der Waals surface area contributed by atoms with Crippen LogP contribution in [-0.4, -0.2) is 49.4 Å². The van der Waals surface area contributed by atoms with Crippen LogP contribution in [0.15, 0.2) is 77.6 Å². The van der Waals surface area contributed by atoms with Crippen molar-refractivity contribution in [1.29, 1.82) is 0 Å². The van der Waals surface area contributed by atoms with Crippen molar-refractivity contribution in [3.63, 3.8) is 0 Å². The molecule has 1 aliphatic rings. The Labute approximate surface area is 216 Å². The second kappa shape index (κ2) is 11.0. The Bertz CT molecular complexity index is 1440. The average Bonchev–Trinajstić information content (AvgIpc) is 2.92. The Balaban J connectivity index is 1.39. The van der Waals surface area contributed by atoms with Crippen LogP contribution in [-0.2, 0) is 13.1 Å². The van der Waals surface area contributed by atoms with Gasteiger partial charge in [-0.25, -0.2) is 4.39 Å². The topological polar surface area (TPSA) is 46.9 Å². The van der Waals surface area contributed by atoms with Gasteiger partial charge in [-0.05, 0) is 66.4 Å². The van der Waals surface area contributed by atoms with E-state index in [0.717, 1.165) is 54.3 Å². The fourth-order valence-electron chi connectivity index (χ4n) is 5.01. The zero-order chi connectivity index (χ0) is 25.8. The first-order valence-electron chi connectivity index (χ1n) is 12.7. The molecular formula is C30H32FN3O3. The van der Waals surface area contributed by atoms with E-state index < -0.39 is 0 Å². The number of hydrogen-bond acceptors (Lipinski definition) is 5. The molecule has 192 valence electrons. The third-order valence-corrected chi connectivity index (χ3v) is 6.88. The van der Waals surface area contributed by atoms with Crippen LogP contribution in [0.3, 0.4) is 0 Å². The quantitative estimate of drug-likeness (QED) is 0.343. The number of benzene rings is 3. The number of ether oxygens (including phenoxy) is 2. The Morgan fingerprint density at radius 1 is 0.892 bits per heavy atom. The number of piperazine rings is 1. The average molecular weight is 502 g/mol. The Hall–Kier alpha value is -3.84. The number of fused-ring (bicyclic) bond motifs is 1. The maximum atomic E-state index is 14.2. The second-order valence-corrected chi connectivity index (χ2v) is 9.28. The van der Waals surface area contributed by atoms with Gasteiger partial charge in [0.15, 0.2) is 0 Å². The van der Waals surface area contributed by atoms with Gasteiger partial charge in [0.05, 0.1) is 31.5 Å². The molecule has 1 aliphatic heterocycles. The summed E-state index contributed by atoms with van der Waals surface area (Å²) in [6.07, 6.45) is 0. The van der Waals surface area contributed by atoms with Gasteiger partial charge in [-0.3, -0.25) is 9.69 Å². The van der Waals surface area contributed by atoms with Crippen molar-refractivity contribution >= 4 is 16.6 Å². The van der Waals surface area contributed by atoms with Gasteiger partial charge in [0.2, 0.25) is 0 Å². The minimum absolute atomic E-state index is 0.0926. The van der Waals surface area contributed by atoms with Gasteiger partial charge in [-0.1, -0.05) is 24.3 Å². The molecule has 0 radical (unpaired) electrons. The molecule has 0 spiro atoms. The number of nitrogens with zero attached hydrogens (tertiary/aromatic N) is 3. The lowest BCUT2D eigenvalue weighted by atomic mass is 10.1. The molecule has 0 atom stereocenters. The summed E-state index contributed by atoms with van der Waals surface area (Å²) in [5, 5.41) is 0.850. The molecule has 5 rings (SSSR count). The number of aromatic nitrogens is 1. The van der Waals surface area contributed by atoms with Crippen molar-refractivity contribution in [3.05, 3.63) is 100 Å². The van der Waals surface area contributed by atoms with Gasteiger partial charge in [0.25, 0.3) is 5.56 Å². The molecule has 37 heavy (non-hydrogen) atoms. The van der Waals surface area contributed by atoms with Crippen LogP contribution in [0.2, 0.25) is 0 Å². The molecule has 0 aliphatic carbocycles. The number of halogens is 1. The van der Waals surface area contributed by atoms with Crippen molar-refractivity contribution in [1.82, 2.24) is 9.47 Å². The van der Waals surface area contributed by atoms with Crippen LogP contribution in [0, 0.1) is 5.82 Å². The number of anilines is 1. The number of para-hydroxylation sites is 2. The van der Waals surface area contributed by atoms with Crippen LogP contribution >= 0.6 is 0 Å².